The number of nitrogens with one attached hydrogen (secondary N) is 1. The number of nitrogen functional groups attached to an aromatic ring is 1. The number of nitrogens with two attached hydrogens (primary N) is 1. The molecule has 6 heteroatoms. The van der Waals surface area contributed by atoms with Crippen molar-refractivity contribution in [2.75, 3.05) is 12.5 Å². The number of hydrogen-bond acceptors (Lipinski definition) is 6. The highest BCUT2D eigenvalue weighted by molar-refractivity contribution is 7.18. The molecular weight excluding hydrogens is 260 g/mol. The lowest BCUT2D eigenvalue weighted by atomic mass is 9.79. The van der Waals surface area contributed by atoms with Crippen LogP contribution in [0.25, 0.3) is 10.2 Å². The van der Waals surface area contributed by atoms with E-state index in [1.165, 1.54) is 4.88 Å². The van der Waals surface area contributed by atoms with Crippen molar-refractivity contribution in [2.24, 2.45) is 5.84 Å². The predicted octanol–water partition coefficient (Wildman–Crippen LogP) is 2.56. The van der Waals surface area contributed by atoms with Crippen LogP contribution in [0.4, 0.5) is 5.82 Å². The highest BCUT2D eigenvalue weighted by atomic mass is 32.1. The van der Waals surface area contributed by atoms with Gasteiger partial charge in [0.05, 0.1) is 5.39 Å². The molecule has 1 saturated carbocycles. The van der Waals surface area contributed by atoms with E-state index in [4.69, 9.17) is 15.6 Å². The van der Waals surface area contributed by atoms with Gasteiger partial charge >= 0.3 is 0 Å². The molecule has 19 heavy (non-hydrogen) atoms. The molecule has 5 nitrogen and oxygen atoms in total. The minimum atomic E-state index is -0.309. The molecule has 0 spiro atoms. The van der Waals surface area contributed by atoms with Gasteiger partial charge in [-0.3, -0.25) is 0 Å². The topological polar surface area (TPSA) is 73.1 Å². The number of rotatable bonds is 4. The first-order chi connectivity index (χ1) is 9.22. The second kappa shape index (κ2) is 4.70. The molecule has 3 rings (SSSR count). The van der Waals surface area contributed by atoms with Gasteiger partial charge in [-0.05, 0) is 31.7 Å². The maximum absolute atomic E-state index is 5.65. The van der Waals surface area contributed by atoms with Gasteiger partial charge in [-0.25, -0.2) is 15.8 Å². The van der Waals surface area contributed by atoms with Crippen LogP contribution < -0.4 is 11.3 Å². The summed E-state index contributed by atoms with van der Waals surface area (Å²) in [7, 11) is 1.73. The Labute approximate surface area is 116 Å². The van der Waals surface area contributed by atoms with Crippen molar-refractivity contribution < 1.29 is 4.74 Å². The number of hydrazine groups is 1. The van der Waals surface area contributed by atoms with E-state index in [2.05, 4.69) is 23.4 Å². The summed E-state index contributed by atoms with van der Waals surface area (Å²) in [6.45, 7) is 2.14. The molecule has 0 saturated heterocycles. The lowest BCUT2D eigenvalue weighted by molar-refractivity contribution is -0.0843. The molecule has 1 aliphatic carbocycles. The van der Waals surface area contributed by atoms with Gasteiger partial charge in [0.25, 0.3) is 0 Å². The molecule has 2 aromatic rings. The third-order valence-corrected chi connectivity index (χ3v) is 5.06. The molecule has 1 aliphatic rings. The first kappa shape index (κ1) is 12.8. The summed E-state index contributed by atoms with van der Waals surface area (Å²) in [6.07, 6.45) is 4.11. The average Bonchev–Trinajstić information content (AvgIpc) is 2.80. The molecule has 0 aliphatic heterocycles. The molecule has 0 unspecified atom stereocenters. The van der Waals surface area contributed by atoms with Gasteiger partial charge in [0, 0.05) is 12.0 Å². The zero-order valence-electron chi connectivity index (χ0n) is 11.2. The van der Waals surface area contributed by atoms with E-state index in [0.717, 1.165) is 41.7 Å². The van der Waals surface area contributed by atoms with Crippen molar-refractivity contribution in [3.63, 3.8) is 0 Å². The lowest BCUT2D eigenvalue weighted by Gasteiger charge is -2.38. The molecule has 0 amide bonds. The van der Waals surface area contributed by atoms with Gasteiger partial charge in [-0.15, -0.1) is 11.3 Å². The normalized spacial score (nSPS) is 17.4. The van der Waals surface area contributed by atoms with Crippen LogP contribution in [0, 0.1) is 0 Å². The first-order valence-electron chi connectivity index (χ1n) is 6.55. The van der Waals surface area contributed by atoms with Crippen LogP contribution >= 0.6 is 11.3 Å². The Kier molecular flexibility index (Phi) is 3.16. The Morgan fingerprint density at radius 3 is 2.79 bits per heavy atom. The third kappa shape index (κ3) is 1.91. The van der Waals surface area contributed by atoms with E-state index in [9.17, 15) is 0 Å². The monoisotopic (exact) mass is 278 g/mol. The van der Waals surface area contributed by atoms with Crippen LogP contribution in [-0.2, 0) is 16.8 Å². The van der Waals surface area contributed by atoms with Crippen molar-refractivity contribution >= 4 is 27.4 Å². The standard InChI is InChI=1S/C13H18N4OS/c1-3-8-7-9-10(17-14)15-12(16-11(9)19-8)13(18-2)5-4-6-13/h7H,3-6,14H2,1-2H3,(H,15,16,17). The summed E-state index contributed by atoms with van der Waals surface area (Å²) in [5.74, 6) is 7.05. The summed E-state index contributed by atoms with van der Waals surface area (Å²) < 4.78 is 5.65. The van der Waals surface area contributed by atoms with Gasteiger partial charge in [-0.2, -0.15) is 0 Å². The second-order valence-electron chi connectivity index (χ2n) is 4.88. The van der Waals surface area contributed by atoms with Crippen molar-refractivity contribution in [1.29, 1.82) is 0 Å². The SMILES string of the molecule is CCc1cc2c(NN)nc(C3(OC)CCC3)nc2s1. The third-order valence-electron chi connectivity index (χ3n) is 3.89. The van der Waals surface area contributed by atoms with E-state index in [1.54, 1.807) is 18.4 Å². The number of thiophene rings is 1. The Morgan fingerprint density at radius 1 is 1.47 bits per heavy atom. The summed E-state index contributed by atoms with van der Waals surface area (Å²) in [6, 6.07) is 2.11. The van der Waals surface area contributed by atoms with Crippen LogP contribution in [-0.4, -0.2) is 17.1 Å². The van der Waals surface area contributed by atoms with Crippen molar-refractivity contribution in [3.8, 4) is 0 Å². The van der Waals surface area contributed by atoms with Crippen molar-refractivity contribution in [3.05, 3.63) is 16.8 Å². The first-order valence-corrected chi connectivity index (χ1v) is 7.37. The maximum atomic E-state index is 5.65. The number of aryl methyl sites for hydroxylation is 1. The average molecular weight is 278 g/mol. The van der Waals surface area contributed by atoms with E-state index >= 15 is 0 Å². The number of fused-ring (bicyclic) bond motifs is 1. The molecule has 102 valence electrons. The second-order valence-corrected chi connectivity index (χ2v) is 5.99. The molecule has 1 fully saturated rings. The number of anilines is 1. The Morgan fingerprint density at radius 2 is 2.26 bits per heavy atom. The zero-order chi connectivity index (χ0) is 13.5. The number of hydrogen-bond donors (Lipinski definition) is 2. The fraction of sp³-hybridized carbons (Fsp3) is 0.538. The summed E-state index contributed by atoms with van der Waals surface area (Å²) in [5.41, 5.74) is 2.38. The minimum absolute atomic E-state index is 0.309. The van der Waals surface area contributed by atoms with Crippen LogP contribution in [0.2, 0.25) is 0 Å². The number of nitrogens with zero attached hydrogens (tertiary/aromatic N) is 2. The van der Waals surface area contributed by atoms with Crippen molar-refractivity contribution in [1.82, 2.24) is 9.97 Å². The highest BCUT2D eigenvalue weighted by Crippen LogP contribution is 2.44. The summed E-state index contributed by atoms with van der Waals surface area (Å²) >= 11 is 1.70. The summed E-state index contributed by atoms with van der Waals surface area (Å²) in [4.78, 5) is 11.5. The van der Waals surface area contributed by atoms with Crippen LogP contribution in [0.1, 0.15) is 36.9 Å². The fourth-order valence-corrected chi connectivity index (χ4v) is 3.44. The van der Waals surface area contributed by atoms with Crippen molar-refractivity contribution in [2.45, 2.75) is 38.2 Å². The Hall–Kier alpha value is -1.24. The molecule has 0 aromatic carbocycles. The van der Waals surface area contributed by atoms with Crippen LogP contribution in [0.15, 0.2) is 6.07 Å². The summed E-state index contributed by atoms with van der Waals surface area (Å²) in [5, 5.41) is 0.999. The van der Waals surface area contributed by atoms with Crippen LogP contribution in [0.5, 0.6) is 0 Å². The molecule has 0 atom stereocenters. The maximum Gasteiger partial charge on any atom is 0.164 e. The lowest BCUT2D eigenvalue weighted by Crippen LogP contribution is -2.38. The predicted molar refractivity (Wildman–Crippen MR) is 77.1 cm³/mol. The molecule has 2 heterocycles. The smallest absolute Gasteiger partial charge is 0.164 e. The number of methoxy groups -OCH3 is 1. The molecule has 0 radical (unpaired) electrons. The highest BCUT2D eigenvalue weighted by Gasteiger charge is 2.42. The van der Waals surface area contributed by atoms with E-state index in [0.29, 0.717) is 5.82 Å². The number of ether oxygens (including phenoxy) is 1. The van der Waals surface area contributed by atoms with E-state index in [1.807, 2.05) is 0 Å². The fourth-order valence-electron chi connectivity index (χ4n) is 2.48. The Bertz CT molecular complexity index is 600. The molecular formula is C13H18N4OS. The van der Waals surface area contributed by atoms with Crippen LogP contribution in [0.3, 0.4) is 0 Å². The Balaban J connectivity index is 2.16. The minimum Gasteiger partial charge on any atom is -0.370 e. The molecule has 0 bridgehead atoms. The quantitative estimate of drug-likeness (QED) is 0.664. The van der Waals surface area contributed by atoms with E-state index in [-0.39, 0.29) is 5.60 Å². The molecule has 3 N–H and O–H groups in total. The zero-order valence-corrected chi connectivity index (χ0v) is 12.0. The van der Waals surface area contributed by atoms with Gasteiger partial charge < -0.3 is 10.2 Å². The van der Waals surface area contributed by atoms with Gasteiger partial charge in [0.2, 0.25) is 0 Å². The number of aromatic nitrogens is 2. The van der Waals surface area contributed by atoms with E-state index < -0.39 is 0 Å². The molecule has 2 aromatic heterocycles. The van der Waals surface area contributed by atoms with Gasteiger partial charge in [0.1, 0.15) is 10.4 Å². The van der Waals surface area contributed by atoms with Gasteiger partial charge in [0.15, 0.2) is 11.6 Å². The largest absolute Gasteiger partial charge is 0.370 e. The van der Waals surface area contributed by atoms with Gasteiger partial charge in [-0.1, -0.05) is 6.92 Å².